The van der Waals surface area contributed by atoms with Crippen LogP contribution in [0.2, 0.25) is 0 Å². The van der Waals surface area contributed by atoms with Gasteiger partial charge in [-0.05, 0) is 31.4 Å². The molecule has 1 fully saturated rings. The summed E-state index contributed by atoms with van der Waals surface area (Å²) in [5, 5.41) is 0. The number of hydrogen-bond acceptors (Lipinski definition) is 2. The van der Waals surface area contributed by atoms with Gasteiger partial charge in [0.1, 0.15) is 5.71 Å². The van der Waals surface area contributed by atoms with Crippen LogP contribution in [-0.2, 0) is 4.79 Å². The minimum atomic E-state index is -0.00400. The highest BCUT2D eigenvalue weighted by Crippen LogP contribution is 2.30. The van der Waals surface area contributed by atoms with Crippen molar-refractivity contribution in [2.24, 2.45) is 4.99 Å². The summed E-state index contributed by atoms with van der Waals surface area (Å²) >= 11 is 2.36. The van der Waals surface area contributed by atoms with Crippen molar-refractivity contribution in [3.8, 4) is 0 Å². The lowest BCUT2D eigenvalue weighted by molar-refractivity contribution is -0.113. The smallest absolute Gasteiger partial charge is 0.181 e. The van der Waals surface area contributed by atoms with Crippen LogP contribution in [0.25, 0.3) is 0 Å². The third-order valence-electron chi connectivity index (χ3n) is 2.48. The summed E-state index contributed by atoms with van der Waals surface area (Å²) in [6.45, 7) is 2.12. The molecule has 0 N–H and O–H groups in total. The Kier molecular flexibility index (Phi) is 2.60. The van der Waals surface area contributed by atoms with E-state index in [4.69, 9.17) is 0 Å². The molecule has 0 saturated heterocycles. The minimum Gasteiger partial charge on any atom is -0.292 e. The van der Waals surface area contributed by atoms with Crippen LogP contribution in [0.5, 0.6) is 0 Å². The summed E-state index contributed by atoms with van der Waals surface area (Å²) in [4.78, 5) is 15.8. The Bertz CT molecular complexity index is 363. The van der Waals surface area contributed by atoms with E-state index < -0.39 is 0 Å². The molecule has 1 aliphatic carbocycles. The molecule has 3 heteroatoms. The van der Waals surface area contributed by atoms with Crippen LogP contribution >= 0.6 is 22.6 Å². The number of carbonyl (C=O) groups excluding carboxylic acids is 1. The quantitative estimate of drug-likeness (QED) is 0.500. The average molecular weight is 301 g/mol. The van der Waals surface area contributed by atoms with Gasteiger partial charge in [0.05, 0.1) is 3.42 Å². The second-order valence-corrected chi connectivity index (χ2v) is 6.22. The van der Waals surface area contributed by atoms with Crippen LogP contribution in [0.4, 0.5) is 0 Å². The van der Waals surface area contributed by atoms with Crippen molar-refractivity contribution in [1.82, 2.24) is 0 Å². The van der Waals surface area contributed by atoms with Gasteiger partial charge in [0, 0.05) is 12.6 Å². The molecule has 0 aromatic carbocycles. The van der Waals surface area contributed by atoms with E-state index in [1.54, 1.807) is 6.20 Å². The number of halogens is 1. The molecule has 0 aromatic rings. The van der Waals surface area contributed by atoms with Crippen LogP contribution in [0, 0.1) is 0 Å². The molecule has 14 heavy (non-hydrogen) atoms. The molecule has 1 aliphatic heterocycles. The Balaban J connectivity index is 2.43. The highest BCUT2D eigenvalue weighted by atomic mass is 127. The number of alkyl halides is 1. The number of aliphatic imine (C=N–C) groups is 1. The van der Waals surface area contributed by atoms with Gasteiger partial charge in [0.2, 0.25) is 0 Å². The van der Waals surface area contributed by atoms with E-state index in [-0.39, 0.29) is 9.20 Å². The summed E-state index contributed by atoms with van der Waals surface area (Å²) < 4.78 is -0.00400. The molecule has 2 nitrogen and oxygen atoms in total. The summed E-state index contributed by atoms with van der Waals surface area (Å²) in [7, 11) is 0. The van der Waals surface area contributed by atoms with E-state index in [1.165, 1.54) is 0 Å². The second kappa shape index (κ2) is 3.61. The number of rotatable bonds is 0. The van der Waals surface area contributed by atoms with Gasteiger partial charge < -0.3 is 0 Å². The summed E-state index contributed by atoms with van der Waals surface area (Å²) in [6, 6.07) is 0. The van der Waals surface area contributed by atoms with Crippen LogP contribution in [0.3, 0.4) is 0 Å². The van der Waals surface area contributed by atoms with Crippen LogP contribution < -0.4 is 0 Å². The Labute approximate surface area is 97.3 Å². The first-order valence-corrected chi connectivity index (χ1v) is 5.86. The molecule has 1 heterocycles. The van der Waals surface area contributed by atoms with Gasteiger partial charge in [0.25, 0.3) is 0 Å². The molecule has 1 unspecified atom stereocenters. The topological polar surface area (TPSA) is 29.4 Å². The molecule has 0 bridgehead atoms. The highest BCUT2D eigenvalue weighted by molar-refractivity contribution is 14.1. The van der Waals surface area contributed by atoms with Gasteiger partial charge in [-0.15, -0.1) is 0 Å². The first-order valence-electron chi connectivity index (χ1n) is 4.78. The predicted molar refractivity (Wildman–Crippen MR) is 65.9 cm³/mol. The Hall–Kier alpha value is -0.450. The normalized spacial score (nSPS) is 31.7. The average Bonchev–Trinajstić information content (AvgIpc) is 2.23. The van der Waals surface area contributed by atoms with Crippen molar-refractivity contribution in [3.63, 3.8) is 0 Å². The SMILES string of the molecule is CC1(I)C=CN=C2C(=O)CCCC2=C1. The predicted octanol–water partition coefficient (Wildman–Crippen LogP) is 2.83. The van der Waals surface area contributed by atoms with Crippen molar-refractivity contribution in [2.45, 2.75) is 29.6 Å². The lowest BCUT2D eigenvalue weighted by Gasteiger charge is -2.17. The van der Waals surface area contributed by atoms with Gasteiger partial charge in [-0.25, -0.2) is 0 Å². The molecule has 2 rings (SSSR count). The molecular weight excluding hydrogens is 289 g/mol. The maximum absolute atomic E-state index is 11.6. The lowest BCUT2D eigenvalue weighted by Crippen LogP contribution is -2.22. The van der Waals surface area contributed by atoms with Crippen molar-refractivity contribution >= 4 is 34.1 Å². The van der Waals surface area contributed by atoms with Gasteiger partial charge in [-0.3, -0.25) is 9.79 Å². The van der Waals surface area contributed by atoms with Gasteiger partial charge >= 0.3 is 0 Å². The maximum atomic E-state index is 11.6. The lowest BCUT2D eigenvalue weighted by atomic mass is 9.90. The fourth-order valence-electron chi connectivity index (χ4n) is 1.80. The van der Waals surface area contributed by atoms with Crippen molar-refractivity contribution in [3.05, 3.63) is 23.9 Å². The second-order valence-electron chi connectivity index (χ2n) is 3.89. The van der Waals surface area contributed by atoms with Crippen molar-refractivity contribution < 1.29 is 4.79 Å². The molecule has 2 aliphatic rings. The van der Waals surface area contributed by atoms with Gasteiger partial charge in [-0.1, -0.05) is 28.7 Å². The summed E-state index contributed by atoms with van der Waals surface area (Å²) in [5.41, 5.74) is 1.82. The molecule has 74 valence electrons. The van der Waals surface area contributed by atoms with Gasteiger partial charge in [-0.2, -0.15) is 0 Å². The zero-order chi connectivity index (χ0) is 10.2. The number of nitrogens with zero attached hydrogens (tertiary/aromatic N) is 1. The maximum Gasteiger partial charge on any atom is 0.181 e. The number of carbonyl (C=O) groups is 1. The highest BCUT2D eigenvalue weighted by Gasteiger charge is 2.25. The van der Waals surface area contributed by atoms with Gasteiger partial charge in [0.15, 0.2) is 5.78 Å². The Morgan fingerprint density at radius 1 is 1.50 bits per heavy atom. The van der Waals surface area contributed by atoms with Crippen molar-refractivity contribution in [1.29, 1.82) is 0 Å². The van der Waals surface area contributed by atoms with E-state index in [1.807, 2.05) is 6.08 Å². The summed E-state index contributed by atoms with van der Waals surface area (Å²) in [5.74, 6) is 0.196. The Morgan fingerprint density at radius 3 is 3.07 bits per heavy atom. The molecule has 0 radical (unpaired) electrons. The third-order valence-corrected chi connectivity index (χ3v) is 3.15. The van der Waals surface area contributed by atoms with Crippen molar-refractivity contribution in [2.75, 3.05) is 0 Å². The first kappa shape index (κ1) is 10.1. The number of allylic oxidation sites excluding steroid dienone is 3. The summed E-state index contributed by atoms with van der Waals surface area (Å²) in [6.07, 6.45) is 8.56. The molecule has 1 atom stereocenters. The van der Waals surface area contributed by atoms with Crippen LogP contribution in [0.1, 0.15) is 26.2 Å². The van der Waals surface area contributed by atoms with E-state index in [9.17, 15) is 4.79 Å². The Morgan fingerprint density at radius 2 is 2.29 bits per heavy atom. The largest absolute Gasteiger partial charge is 0.292 e. The fraction of sp³-hybridized carbons (Fsp3) is 0.455. The zero-order valence-electron chi connectivity index (χ0n) is 8.09. The number of ketones is 1. The molecule has 0 aromatic heterocycles. The first-order chi connectivity index (χ1) is 6.58. The fourth-order valence-corrected chi connectivity index (χ4v) is 2.33. The molecular formula is C11H12INO. The van der Waals surface area contributed by atoms with E-state index >= 15 is 0 Å². The molecule has 0 amide bonds. The molecule has 1 saturated carbocycles. The molecule has 0 spiro atoms. The number of fused-ring (bicyclic) bond motifs is 1. The van der Waals surface area contributed by atoms with E-state index in [0.717, 1.165) is 18.4 Å². The zero-order valence-corrected chi connectivity index (χ0v) is 10.2. The van der Waals surface area contributed by atoms with E-state index in [0.29, 0.717) is 12.1 Å². The van der Waals surface area contributed by atoms with Crippen LogP contribution in [0.15, 0.2) is 28.9 Å². The standard InChI is InChI=1S/C11H12INO/c1-11(12)5-6-13-10-8(7-11)3-2-4-9(10)14/h5-7H,2-4H2,1H3. The number of hydrogen-bond donors (Lipinski definition) is 0. The minimum absolute atomic E-state index is 0.00400. The van der Waals surface area contributed by atoms with E-state index in [2.05, 4.69) is 40.6 Å². The third kappa shape index (κ3) is 1.97. The monoisotopic (exact) mass is 301 g/mol. The number of Topliss-reactive ketones (excluding diaryl/α,β-unsaturated/α-hetero) is 1. The van der Waals surface area contributed by atoms with Crippen LogP contribution in [-0.4, -0.2) is 14.9 Å².